The van der Waals surface area contributed by atoms with Crippen LogP contribution in [-0.2, 0) is 24.7 Å². The first-order valence-corrected chi connectivity index (χ1v) is 10.1. The van der Waals surface area contributed by atoms with Crippen molar-refractivity contribution in [3.05, 3.63) is 71.8 Å². The highest BCUT2D eigenvalue weighted by Crippen LogP contribution is 2.39. The molecular formula is C24H26N2O4. The van der Waals surface area contributed by atoms with E-state index in [1.807, 2.05) is 36.4 Å². The Balaban J connectivity index is 1.84. The first-order chi connectivity index (χ1) is 14.5. The van der Waals surface area contributed by atoms with Gasteiger partial charge in [0.05, 0.1) is 6.07 Å². The summed E-state index contributed by atoms with van der Waals surface area (Å²) < 4.78 is 11.4. The average Bonchev–Trinajstić information content (AvgIpc) is 3.63. The fourth-order valence-electron chi connectivity index (χ4n) is 3.63. The maximum absolute atomic E-state index is 13.3. The Morgan fingerprint density at radius 2 is 1.60 bits per heavy atom. The Hall–Kier alpha value is -3.17. The first-order valence-electron chi connectivity index (χ1n) is 10.1. The molecular weight excluding hydrogens is 380 g/mol. The third-order valence-electron chi connectivity index (χ3n) is 5.37. The zero-order valence-corrected chi connectivity index (χ0v) is 17.3. The molecule has 0 aliphatic heterocycles. The van der Waals surface area contributed by atoms with Gasteiger partial charge in [0.1, 0.15) is 5.54 Å². The molecule has 6 heteroatoms. The number of rotatable bonds is 9. The fourth-order valence-corrected chi connectivity index (χ4v) is 3.63. The van der Waals surface area contributed by atoms with Crippen molar-refractivity contribution < 1.29 is 19.1 Å². The minimum absolute atomic E-state index is 0.137. The van der Waals surface area contributed by atoms with Crippen LogP contribution >= 0.6 is 0 Å². The van der Waals surface area contributed by atoms with Crippen LogP contribution in [0.4, 0.5) is 0 Å². The molecule has 1 fully saturated rings. The van der Waals surface area contributed by atoms with E-state index in [1.54, 1.807) is 38.1 Å². The highest BCUT2D eigenvalue weighted by molar-refractivity contribution is 5.88. The number of esters is 1. The van der Waals surface area contributed by atoms with Gasteiger partial charge in [-0.25, -0.2) is 4.79 Å². The summed E-state index contributed by atoms with van der Waals surface area (Å²) in [6.07, 6.45) is 1.80. The predicted octanol–water partition coefficient (Wildman–Crippen LogP) is 3.32. The minimum atomic E-state index is -1.49. The van der Waals surface area contributed by atoms with Crippen LogP contribution < -0.4 is 5.32 Å². The molecule has 1 saturated carbocycles. The molecule has 0 unspecified atom stereocenters. The Labute approximate surface area is 176 Å². The van der Waals surface area contributed by atoms with Crippen molar-refractivity contribution in [2.75, 3.05) is 13.2 Å². The highest BCUT2D eigenvalue weighted by Gasteiger charge is 2.46. The second-order valence-corrected chi connectivity index (χ2v) is 7.56. The van der Waals surface area contributed by atoms with E-state index in [2.05, 4.69) is 11.4 Å². The van der Waals surface area contributed by atoms with Crippen molar-refractivity contribution in [2.45, 2.75) is 37.8 Å². The predicted molar refractivity (Wildman–Crippen MR) is 111 cm³/mol. The van der Waals surface area contributed by atoms with Gasteiger partial charge in [0, 0.05) is 6.61 Å². The molecule has 1 aliphatic rings. The molecule has 6 nitrogen and oxygen atoms in total. The zero-order valence-electron chi connectivity index (χ0n) is 17.3. The van der Waals surface area contributed by atoms with Gasteiger partial charge in [0.2, 0.25) is 5.60 Å². The van der Waals surface area contributed by atoms with E-state index in [4.69, 9.17) is 9.47 Å². The Morgan fingerprint density at radius 1 is 1.07 bits per heavy atom. The summed E-state index contributed by atoms with van der Waals surface area (Å²) in [7, 11) is 0. The monoisotopic (exact) mass is 406 g/mol. The molecule has 0 bridgehead atoms. The van der Waals surface area contributed by atoms with Crippen molar-refractivity contribution in [3.8, 4) is 6.07 Å². The van der Waals surface area contributed by atoms with Gasteiger partial charge in [-0.2, -0.15) is 5.26 Å². The lowest BCUT2D eigenvalue weighted by molar-refractivity contribution is -0.170. The summed E-state index contributed by atoms with van der Waals surface area (Å²) in [5, 5.41) is 12.1. The molecule has 2 aromatic carbocycles. The summed E-state index contributed by atoms with van der Waals surface area (Å²) in [5.41, 5.74) is -1.21. The molecule has 0 aromatic heterocycles. The zero-order chi connectivity index (χ0) is 21.6. The fraction of sp³-hybridized carbons (Fsp3) is 0.375. The molecule has 2 aromatic rings. The van der Waals surface area contributed by atoms with Gasteiger partial charge in [0.25, 0.3) is 5.91 Å². The van der Waals surface area contributed by atoms with Gasteiger partial charge in [0.15, 0.2) is 6.61 Å². The number of carbonyl (C=O) groups excluding carboxylic acids is 2. The molecule has 0 radical (unpaired) electrons. The van der Waals surface area contributed by atoms with Crippen LogP contribution in [0, 0.1) is 17.2 Å². The SMILES string of the molecule is CCOC(C(=O)OCC(=O)N[C@@](C)(C#N)C1CC1)(c1ccccc1)c1ccccc1. The maximum Gasteiger partial charge on any atom is 0.348 e. The Morgan fingerprint density at radius 3 is 2.03 bits per heavy atom. The normalized spacial score (nSPS) is 15.5. The lowest BCUT2D eigenvalue weighted by Crippen LogP contribution is -2.49. The maximum atomic E-state index is 13.3. The van der Waals surface area contributed by atoms with Crippen molar-refractivity contribution >= 4 is 11.9 Å². The third-order valence-corrected chi connectivity index (χ3v) is 5.37. The number of nitrogens with one attached hydrogen (secondary N) is 1. The molecule has 0 spiro atoms. The van der Waals surface area contributed by atoms with Gasteiger partial charge in [-0.15, -0.1) is 0 Å². The van der Waals surface area contributed by atoms with Gasteiger partial charge >= 0.3 is 5.97 Å². The Kier molecular flexibility index (Phi) is 6.53. The van der Waals surface area contributed by atoms with Crippen LogP contribution in [0.15, 0.2) is 60.7 Å². The van der Waals surface area contributed by atoms with Crippen molar-refractivity contribution in [2.24, 2.45) is 5.92 Å². The van der Waals surface area contributed by atoms with Gasteiger partial charge < -0.3 is 14.8 Å². The van der Waals surface area contributed by atoms with E-state index in [0.29, 0.717) is 11.1 Å². The van der Waals surface area contributed by atoms with Crippen LogP contribution in [0.5, 0.6) is 0 Å². The topological polar surface area (TPSA) is 88.4 Å². The van der Waals surface area contributed by atoms with Crippen molar-refractivity contribution in [1.82, 2.24) is 5.32 Å². The van der Waals surface area contributed by atoms with Crippen molar-refractivity contribution in [1.29, 1.82) is 5.26 Å². The molecule has 1 atom stereocenters. The van der Waals surface area contributed by atoms with E-state index < -0.39 is 29.6 Å². The number of amides is 1. The number of hydrogen-bond donors (Lipinski definition) is 1. The summed E-state index contributed by atoms with van der Waals surface area (Å²) in [4.78, 5) is 25.8. The molecule has 0 heterocycles. The van der Waals surface area contributed by atoms with E-state index >= 15 is 0 Å². The quantitative estimate of drug-likeness (QED) is 0.646. The van der Waals surface area contributed by atoms with Crippen LogP contribution in [0.3, 0.4) is 0 Å². The van der Waals surface area contributed by atoms with E-state index in [0.717, 1.165) is 12.8 Å². The average molecular weight is 406 g/mol. The van der Waals surface area contributed by atoms with Crippen LogP contribution in [0.25, 0.3) is 0 Å². The minimum Gasteiger partial charge on any atom is -0.453 e. The smallest absolute Gasteiger partial charge is 0.348 e. The molecule has 156 valence electrons. The first kappa shape index (κ1) is 21.5. The summed E-state index contributed by atoms with van der Waals surface area (Å²) in [5.74, 6) is -1.05. The van der Waals surface area contributed by atoms with Gasteiger partial charge in [-0.3, -0.25) is 4.79 Å². The van der Waals surface area contributed by atoms with Gasteiger partial charge in [-0.05, 0) is 43.7 Å². The standard InChI is InChI=1S/C24H26N2O4/c1-3-30-24(19-10-6-4-7-11-19,20-12-8-5-9-13-20)22(28)29-16-21(27)26-23(2,17-25)18-14-15-18/h4-13,18H,3,14-16H2,1-2H3,(H,26,27)/t23-/m0/s1. The van der Waals surface area contributed by atoms with Crippen molar-refractivity contribution in [3.63, 3.8) is 0 Å². The number of nitriles is 1. The highest BCUT2D eigenvalue weighted by atomic mass is 16.6. The van der Waals surface area contributed by atoms with E-state index in [1.165, 1.54) is 0 Å². The molecule has 1 N–H and O–H groups in total. The molecule has 30 heavy (non-hydrogen) atoms. The number of benzene rings is 2. The number of carbonyl (C=O) groups is 2. The summed E-state index contributed by atoms with van der Waals surface area (Å²) >= 11 is 0. The van der Waals surface area contributed by atoms with Crippen LogP contribution in [0.1, 0.15) is 37.8 Å². The molecule has 1 amide bonds. The molecule has 1 aliphatic carbocycles. The Bertz CT molecular complexity index is 880. The number of ether oxygens (including phenoxy) is 2. The second-order valence-electron chi connectivity index (χ2n) is 7.56. The van der Waals surface area contributed by atoms with Crippen LogP contribution in [-0.4, -0.2) is 30.6 Å². The molecule has 0 saturated heterocycles. The van der Waals surface area contributed by atoms with E-state index in [-0.39, 0.29) is 12.5 Å². The van der Waals surface area contributed by atoms with E-state index in [9.17, 15) is 14.9 Å². The second kappa shape index (κ2) is 9.10. The van der Waals surface area contributed by atoms with Gasteiger partial charge in [-0.1, -0.05) is 60.7 Å². The third kappa shape index (κ3) is 4.37. The summed E-state index contributed by atoms with van der Waals surface area (Å²) in [6.45, 7) is 3.27. The lowest BCUT2D eigenvalue weighted by Gasteiger charge is -2.32. The summed E-state index contributed by atoms with van der Waals surface area (Å²) in [6, 6.07) is 20.3. The number of hydrogen-bond acceptors (Lipinski definition) is 5. The van der Waals surface area contributed by atoms with Crippen LogP contribution in [0.2, 0.25) is 0 Å². The largest absolute Gasteiger partial charge is 0.453 e. The molecule has 3 rings (SSSR count). The number of nitrogens with zero attached hydrogens (tertiary/aromatic N) is 1. The lowest BCUT2D eigenvalue weighted by atomic mass is 9.86.